The van der Waals surface area contributed by atoms with Crippen molar-refractivity contribution in [3.05, 3.63) is 76.1 Å². The Morgan fingerprint density at radius 1 is 1.18 bits per heavy atom. The summed E-state index contributed by atoms with van der Waals surface area (Å²) in [4.78, 5) is 16.0. The van der Waals surface area contributed by atoms with E-state index in [-0.39, 0.29) is 5.11 Å². The molecule has 0 aliphatic heterocycles. The number of thiocarbonyl (C=S) groups is 1. The Morgan fingerprint density at radius 2 is 2.00 bits per heavy atom. The minimum absolute atomic E-state index is 0.124. The molecule has 142 valence electrons. The number of nitrogens with zero attached hydrogens (tertiary/aromatic N) is 1. The van der Waals surface area contributed by atoms with Gasteiger partial charge in [0, 0.05) is 22.9 Å². The Kier molecular flexibility index (Phi) is 6.46. The fraction of sp³-hybridized carbons (Fsp3) is 0.0500. The molecule has 2 N–H and O–H groups in total. The summed E-state index contributed by atoms with van der Waals surface area (Å²) in [6.07, 6.45) is 4.36. The average molecular weight is 432 g/mol. The van der Waals surface area contributed by atoms with Crippen LogP contribution in [0.5, 0.6) is 0 Å². The van der Waals surface area contributed by atoms with Crippen molar-refractivity contribution < 1.29 is 9.21 Å². The number of hydrogen-bond acceptors (Lipinski definition) is 4. The number of pyridine rings is 1. The van der Waals surface area contributed by atoms with E-state index in [1.54, 1.807) is 24.3 Å². The molecule has 2 heterocycles. The van der Waals surface area contributed by atoms with Crippen molar-refractivity contribution in [2.24, 2.45) is 0 Å². The normalized spacial score (nSPS) is 10.8. The predicted octanol–water partition coefficient (Wildman–Crippen LogP) is 5.48. The van der Waals surface area contributed by atoms with E-state index >= 15 is 0 Å². The number of rotatable bonds is 4. The van der Waals surface area contributed by atoms with E-state index in [0.717, 1.165) is 11.1 Å². The van der Waals surface area contributed by atoms with Gasteiger partial charge in [-0.2, -0.15) is 0 Å². The first-order chi connectivity index (χ1) is 13.4. The molecular weight excluding hydrogens is 417 g/mol. The highest BCUT2D eigenvalue weighted by atomic mass is 35.5. The Morgan fingerprint density at radius 3 is 2.71 bits per heavy atom. The maximum atomic E-state index is 12.0. The second-order valence-corrected chi connectivity index (χ2v) is 7.06. The smallest absolute Gasteiger partial charge is 0.250 e. The maximum Gasteiger partial charge on any atom is 0.250 e. The molecule has 0 atom stereocenters. The van der Waals surface area contributed by atoms with Crippen LogP contribution in [0.25, 0.3) is 17.4 Å². The summed E-state index contributed by atoms with van der Waals surface area (Å²) >= 11 is 17.0. The molecule has 0 saturated carbocycles. The van der Waals surface area contributed by atoms with Crippen molar-refractivity contribution >= 4 is 58.3 Å². The molecule has 3 rings (SSSR count). The Labute approximate surface area is 177 Å². The Bertz CT molecular complexity index is 1050. The number of anilines is 1. The molecule has 3 aromatic rings. The van der Waals surface area contributed by atoms with Crippen LogP contribution in [0.1, 0.15) is 11.3 Å². The molecule has 0 aliphatic rings. The van der Waals surface area contributed by atoms with Crippen LogP contribution < -0.4 is 10.6 Å². The van der Waals surface area contributed by atoms with E-state index in [2.05, 4.69) is 15.6 Å². The van der Waals surface area contributed by atoms with Gasteiger partial charge >= 0.3 is 0 Å². The molecule has 8 heteroatoms. The Hall–Kier alpha value is -2.67. The van der Waals surface area contributed by atoms with E-state index < -0.39 is 5.91 Å². The highest BCUT2D eigenvalue weighted by molar-refractivity contribution is 7.80. The van der Waals surface area contributed by atoms with Crippen LogP contribution in [-0.2, 0) is 4.79 Å². The number of benzene rings is 1. The van der Waals surface area contributed by atoms with Gasteiger partial charge in [0.25, 0.3) is 0 Å². The Balaban J connectivity index is 1.58. The number of nitrogens with one attached hydrogen (secondary N) is 2. The molecular formula is C20H15Cl2N3O2S. The first kappa shape index (κ1) is 20.1. The predicted molar refractivity (Wildman–Crippen MR) is 117 cm³/mol. The maximum absolute atomic E-state index is 12.0. The molecule has 1 aromatic carbocycles. The molecule has 0 radical (unpaired) electrons. The lowest BCUT2D eigenvalue weighted by atomic mass is 10.1. The second kappa shape index (κ2) is 9.01. The molecule has 2 aromatic heterocycles. The third-order valence-corrected chi connectivity index (χ3v) is 4.52. The summed E-state index contributed by atoms with van der Waals surface area (Å²) in [5.41, 5.74) is 1.85. The van der Waals surface area contributed by atoms with Crippen molar-refractivity contribution in [1.29, 1.82) is 0 Å². The van der Waals surface area contributed by atoms with Crippen LogP contribution in [0, 0.1) is 6.92 Å². The van der Waals surface area contributed by atoms with Crippen LogP contribution in [0.15, 0.2) is 59.2 Å². The molecule has 0 saturated heterocycles. The molecule has 0 unspecified atom stereocenters. The number of amides is 1. The molecule has 5 nitrogen and oxygen atoms in total. The van der Waals surface area contributed by atoms with Crippen LogP contribution in [-0.4, -0.2) is 16.0 Å². The van der Waals surface area contributed by atoms with Gasteiger partial charge in [-0.3, -0.25) is 10.1 Å². The average Bonchev–Trinajstić information content (AvgIpc) is 3.13. The minimum atomic E-state index is -0.400. The number of carbonyl (C=O) groups excluding carboxylic acids is 1. The van der Waals surface area contributed by atoms with Crippen LogP contribution >= 0.6 is 35.4 Å². The van der Waals surface area contributed by atoms with Gasteiger partial charge in [-0.25, -0.2) is 4.98 Å². The van der Waals surface area contributed by atoms with Crippen LogP contribution in [0.2, 0.25) is 10.0 Å². The first-order valence-electron chi connectivity index (χ1n) is 8.19. The summed E-state index contributed by atoms with van der Waals surface area (Å²) in [6, 6.07) is 12.6. The van der Waals surface area contributed by atoms with Gasteiger partial charge in [0.15, 0.2) is 5.11 Å². The van der Waals surface area contributed by atoms with Crippen molar-refractivity contribution in [1.82, 2.24) is 10.3 Å². The lowest BCUT2D eigenvalue weighted by molar-refractivity contribution is -0.115. The summed E-state index contributed by atoms with van der Waals surface area (Å²) < 4.78 is 5.73. The zero-order chi connectivity index (χ0) is 20.1. The lowest BCUT2D eigenvalue weighted by Crippen LogP contribution is -2.33. The van der Waals surface area contributed by atoms with Crippen LogP contribution in [0.4, 0.5) is 5.82 Å². The van der Waals surface area contributed by atoms with E-state index in [1.165, 1.54) is 12.3 Å². The molecule has 0 bridgehead atoms. The second-order valence-electron chi connectivity index (χ2n) is 5.80. The van der Waals surface area contributed by atoms with Crippen LogP contribution in [0.3, 0.4) is 0 Å². The van der Waals surface area contributed by atoms with E-state index in [1.807, 2.05) is 31.2 Å². The molecule has 28 heavy (non-hydrogen) atoms. The quantitative estimate of drug-likeness (QED) is 0.422. The van der Waals surface area contributed by atoms with Gasteiger partial charge < -0.3 is 9.73 Å². The highest BCUT2D eigenvalue weighted by Crippen LogP contribution is 2.27. The molecule has 0 spiro atoms. The van der Waals surface area contributed by atoms with E-state index in [9.17, 15) is 4.79 Å². The highest BCUT2D eigenvalue weighted by Gasteiger charge is 2.06. The monoisotopic (exact) mass is 431 g/mol. The number of aryl methyl sites for hydroxylation is 1. The fourth-order valence-electron chi connectivity index (χ4n) is 2.25. The SMILES string of the molecule is Cc1ccc(-c2ccc(/C=C/C(=O)NC(=S)Nc3ccc(Cl)cn3)o2)cc1Cl. The minimum Gasteiger partial charge on any atom is -0.457 e. The zero-order valence-electron chi connectivity index (χ0n) is 14.7. The first-order valence-corrected chi connectivity index (χ1v) is 9.35. The van der Waals surface area contributed by atoms with Gasteiger partial charge in [0.05, 0.1) is 5.02 Å². The standard InChI is InChI=1S/C20H15Cl2N3O2S/c1-12-2-3-13(10-16(12)22)17-7-5-15(27-17)6-9-19(26)25-20(28)24-18-8-4-14(21)11-23-18/h2-11H,1H3,(H2,23,24,25,26,28)/b9-6+. The summed E-state index contributed by atoms with van der Waals surface area (Å²) in [5.74, 6) is 1.27. The summed E-state index contributed by atoms with van der Waals surface area (Å²) in [7, 11) is 0. The summed E-state index contributed by atoms with van der Waals surface area (Å²) in [5, 5.41) is 6.62. The molecule has 0 aliphatic carbocycles. The van der Waals surface area contributed by atoms with Crippen molar-refractivity contribution in [2.75, 3.05) is 5.32 Å². The summed E-state index contributed by atoms with van der Waals surface area (Å²) in [6.45, 7) is 1.93. The van der Waals surface area contributed by atoms with Crippen molar-refractivity contribution in [2.45, 2.75) is 6.92 Å². The largest absolute Gasteiger partial charge is 0.457 e. The van der Waals surface area contributed by atoms with Gasteiger partial charge in [-0.05, 0) is 61.1 Å². The van der Waals surface area contributed by atoms with Gasteiger partial charge in [0.1, 0.15) is 17.3 Å². The number of aromatic nitrogens is 1. The van der Waals surface area contributed by atoms with E-state index in [0.29, 0.717) is 27.4 Å². The third kappa shape index (κ3) is 5.42. The molecule has 0 fully saturated rings. The van der Waals surface area contributed by atoms with Gasteiger partial charge in [-0.1, -0.05) is 35.3 Å². The topological polar surface area (TPSA) is 67.2 Å². The number of hydrogen-bond donors (Lipinski definition) is 2. The number of furan rings is 1. The number of halogens is 2. The third-order valence-electron chi connectivity index (χ3n) is 3.69. The zero-order valence-corrected chi connectivity index (χ0v) is 17.0. The van der Waals surface area contributed by atoms with Crippen molar-refractivity contribution in [3.8, 4) is 11.3 Å². The fourth-order valence-corrected chi connectivity index (χ4v) is 2.75. The van der Waals surface area contributed by atoms with Crippen molar-refractivity contribution in [3.63, 3.8) is 0 Å². The lowest BCUT2D eigenvalue weighted by Gasteiger charge is -2.06. The number of carbonyl (C=O) groups is 1. The van der Waals surface area contributed by atoms with Gasteiger partial charge in [-0.15, -0.1) is 0 Å². The van der Waals surface area contributed by atoms with E-state index in [4.69, 9.17) is 39.8 Å². The molecule has 1 amide bonds. The van der Waals surface area contributed by atoms with Gasteiger partial charge in [0.2, 0.25) is 5.91 Å².